The first-order valence-corrected chi connectivity index (χ1v) is 9.50. The summed E-state index contributed by atoms with van der Waals surface area (Å²) in [5.41, 5.74) is 5.73. The molecule has 0 atom stereocenters. The molecule has 1 saturated carbocycles. The molecule has 2 rings (SSSR count). The number of nitrogens with two attached hydrogens (primary N) is 1. The smallest absolute Gasteiger partial charge is 0.243 e. The van der Waals surface area contributed by atoms with E-state index in [0.717, 1.165) is 50.7 Å². The van der Waals surface area contributed by atoms with Gasteiger partial charge in [0.2, 0.25) is 10.0 Å². The molecule has 1 aliphatic carbocycles. The zero-order valence-corrected chi connectivity index (χ0v) is 16.1. The molecule has 3 N–H and O–H groups in total. The van der Waals surface area contributed by atoms with Crippen LogP contribution in [-0.2, 0) is 10.0 Å². The number of sulfonamides is 1. The SMILES string of the molecule is COc1cc(F)c(S(=O)(=O)NCC2(N)CCCCCC2)cc1OC.Cl. The van der Waals surface area contributed by atoms with E-state index in [1.54, 1.807) is 0 Å². The van der Waals surface area contributed by atoms with Crippen LogP contribution in [0.4, 0.5) is 4.39 Å². The van der Waals surface area contributed by atoms with Crippen LogP contribution in [0.2, 0.25) is 0 Å². The zero-order chi connectivity index (χ0) is 17.8. The van der Waals surface area contributed by atoms with Gasteiger partial charge in [-0.25, -0.2) is 17.5 Å². The van der Waals surface area contributed by atoms with E-state index in [9.17, 15) is 12.8 Å². The van der Waals surface area contributed by atoms with E-state index in [-0.39, 0.29) is 30.5 Å². The molecule has 1 aromatic rings. The second-order valence-electron chi connectivity index (χ2n) is 6.24. The third kappa shape index (κ3) is 5.44. The maximum absolute atomic E-state index is 14.2. The van der Waals surface area contributed by atoms with Gasteiger partial charge in [0.1, 0.15) is 10.7 Å². The Balaban J connectivity index is 0.00000312. The second kappa shape index (κ2) is 9.02. The summed E-state index contributed by atoms with van der Waals surface area (Å²) in [6, 6.07) is 2.12. The number of benzene rings is 1. The molecule has 1 fully saturated rings. The third-order valence-electron chi connectivity index (χ3n) is 4.44. The summed E-state index contributed by atoms with van der Waals surface area (Å²) in [5.74, 6) is -0.615. The van der Waals surface area contributed by atoms with Gasteiger partial charge in [-0.2, -0.15) is 0 Å². The Labute approximate surface area is 154 Å². The summed E-state index contributed by atoms with van der Waals surface area (Å²) in [7, 11) is -1.32. The Morgan fingerprint density at radius 1 is 1.12 bits per heavy atom. The summed E-state index contributed by atoms with van der Waals surface area (Å²) in [6.07, 6.45) is 5.67. The normalized spacial score (nSPS) is 17.3. The van der Waals surface area contributed by atoms with Crippen LogP contribution in [0.3, 0.4) is 0 Å². The minimum atomic E-state index is -4.04. The second-order valence-corrected chi connectivity index (χ2v) is 7.97. The van der Waals surface area contributed by atoms with Crippen LogP contribution >= 0.6 is 12.4 Å². The van der Waals surface area contributed by atoms with E-state index in [2.05, 4.69) is 4.72 Å². The Kier molecular flexibility index (Phi) is 7.92. The molecule has 6 nitrogen and oxygen atoms in total. The number of rotatable bonds is 6. The topological polar surface area (TPSA) is 90.7 Å². The fraction of sp³-hybridized carbons (Fsp3) is 0.625. The largest absolute Gasteiger partial charge is 0.493 e. The summed E-state index contributed by atoms with van der Waals surface area (Å²) in [5, 5.41) is 0. The Hall–Kier alpha value is -1.09. The van der Waals surface area contributed by atoms with Crippen molar-refractivity contribution in [1.29, 1.82) is 0 Å². The summed E-state index contributed by atoms with van der Waals surface area (Å²) >= 11 is 0. The quantitative estimate of drug-likeness (QED) is 0.721. The van der Waals surface area contributed by atoms with E-state index in [4.69, 9.17) is 15.2 Å². The van der Waals surface area contributed by atoms with Gasteiger partial charge in [-0.15, -0.1) is 12.4 Å². The van der Waals surface area contributed by atoms with Gasteiger partial charge in [0.15, 0.2) is 11.5 Å². The molecule has 1 aliphatic rings. The van der Waals surface area contributed by atoms with E-state index >= 15 is 0 Å². The monoisotopic (exact) mass is 396 g/mol. The Morgan fingerprint density at radius 3 is 2.16 bits per heavy atom. The predicted octanol–water partition coefficient (Wildman–Crippen LogP) is 2.59. The molecule has 25 heavy (non-hydrogen) atoms. The number of ether oxygens (including phenoxy) is 2. The first-order valence-electron chi connectivity index (χ1n) is 8.01. The lowest BCUT2D eigenvalue weighted by atomic mass is 9.92. The fourth-order valence-electron chi connectivity index (χ4n) is 2.97. The number of methoxy groups -OCH3 is 2. The van der Waals surface area contributed by atoms with Crippen molar-refractivity contribution in [3.8, 4) is 11.5 Å². The van der Waals surface area contributed by atoms with Gasteiger partial charge in [0.05, 0.1) is 14.2 Å². The maximum Gasteiger partial charge on any atom is 0.243 e. The maximum atomic E-state index is 14.2. The molecule has 0 heterocycles. The van der Waals surface area contributed by atoms with Gasteiger partial charge < -0.3 is 15.2 Å². The first kappa shape index (κ1) is 22.0. The highest BCUT2D eigenvalue weighted by Gasteiger charge is 2.30. The molecule has 0 spiro atoms. The lowest BCUT2D eigenvalue weighted by Crippen LogP contribution is -2.49. The highest BCUT2D eigenvalue weighted by atomic mass is 35.5. The van der Waals surface area contributed by atoms with Crippen molar-refractivity contribution in [2.75, 3.05) is 20.8 Å². The average Bonchev–Trinajstić information content (AvgIpc) is 2.78. The number of nitrogens with one attached hydrogen (secondary N) is 1. The van der Waals surface area contributed by atoms with Crippen molar-refractivity contribution >= 4 is 22.4 Å². The van der Waals surface area contributed by atoms with E-state index < -0.39 is 26.3 Å². The predicted molar refractivity (Wildman–Crippen MR) is 96.6 cm³/mol. The van der Waals surface area contributed by atoms with Crippen LogP contribution in [0.1, 0.15) is 38.5 Å². The van der Waals surface area contributed by atoms with Crippen molar-refractivity contribution in [2.45, 2.75) is 49.0 Å². The van der Waals surface area contributed by atoms with Gasteiger partial charge in [0.25, 0.3) is 0 Å². The van der Waals surface area contributed by atoms with E-state index in [1.165, 1.54) is 14.2 Å². The highest BCUT2D eigenvalue weighted by Crippen LogP contribution is 2.32. The highest BCUT2D eigenvalue weighted by molar-refractivity contribution is 7.89. The van der Waals surface area contributed by atoms with Crippen molar-refractivity contribution < 1.29 is 22.3 Å². The third-order valence-corrected chi connectivity index (χ3v) is 5.86. The van der Waals surface area contributed by atoms with Gasteiger partial charge in [0, 0.05) is 24.2 Å². The minimum absolute atomic E-state index is 0. The standard InChI is InChI=1S/C16H25FN2O4S.ClH/c1-22-13-9-12(17)15(10-14(13)23-2)24(20,21)19-11-16(18)7-5-3-4-6-8-16;/h9-10,19H,3-8,11,18H2,1-2H3;1H. The molecule has 0 saturated heterocycles. The molecular weight excluding hydrogens is 371 g/mol. The van der Waals surface area contributed by atoms with Crippen LogP contribution < -0.4 is 19.9 Å². The lowest BCUT2D eigenvalue weighted by molar-refractivity contribution is 0.349. The molecule has 0 amide bonds. The molecule has 0 aliphatic heterocycles. The molecule has 144 valence electrons. The lowest BCUT2D eigenvalue weighted by Gasteiger charge is -2.28. The van der Waals surface area contributed by atoms with Crippen molar-refractivity contribution in [2.24, 2.45) is 5.73 Å². The zero-order valence-electron chi connectivity index (χ0n) is 14.5. The van der Waals surface area contributed by atoms with Gasteiger partial charge in [-0.3, -0.25) is 0 Å². The molecule has 9 heteroatoms. The van der Waals surface area contributed by atoms with Crippen LogP contribution in [-0.4, -0.2) is 34.7 Å². The van der Waals surface area contributed by atoms with Crippen molar-refractivity contribution in [1.82, 2.24) is 4.72 Å². The minimum Gasteiger partial charge on any atom is -0.493 e. The Bertz CT molecular complexity index is 677. The first-order chi connectivity index (χ1) is 11.3. The van der Waals surface area contributed by atoms with Crippen LogP contribution in [0.25, 0.3) is 0 Å². The molecule has 0 aromatic heterocycles. The van der Waals surface area contributed by atoms with Gasteiger partial charge in [-0.05, 0) is 12.8 Å². The van der Waals surface area contributed by atoms with E-state index in [0.29, 0.717) is 0 Å². The number of hydrogen-bond acceptors (Lipinski definition) is 5. The summed E-state index contributed by atoms with van der Waals surface area (Å²) in [6.45, 7) is 0.0864. The molecular formula is C16H26ClFN2O4S. The molecule has 1 aromatic carbocycles. The molecule has 0 bridgehead atoms. The van der Waals surface area contributed by atoms with E-state index in [1.807, 2.05) is 0 Å². The van der Waals surface area contributed by atoms with Crippen LogP contribution in [0.15, 0.2) is 17.0 Å². The van der Waals surface area contributed by atoms with Gasteiger partial charge >= 0.3 is 0 Å². The number of halogens is 2. The van der Waals surface area contributed by atoms with Crippen LogP contribution in [0.5, 0.6) is 11.5 Å². The number of hydrogen-bond donors (Lipinski definition) is 2. The van der Waals surface area contributed by atoms with Crippen molar-refractivity contribution in [3.05, 3.63) is 17.9 Å². The van der Waals surface area contributed by atoms with Crippen LogP contribution in [0, 0.1) is 5.82 Å². The molecule has 0 unspecified atom stereocenters. The van der Waals surface area contributed by atoms with Crippen molar-refractivity contribution in [3.63, 3.8) is 0 Å². The average molecular weight is 397 g/mol. The van der Waals surface area contributed by atoms with Gasteiger partial charge in [-0.1, -0.05) is 25.7 Å². The summed E-state index contributed by atoms with van der Waals surface area (Å²) in [4.78, 5) is -0.475. The molecule has 0 radical (unpaired) electrons. The Morgan fingerprint density at radius 2 is 1.64 bits per heavy atom. The summed E-state index contributed by atoms with van der Waals surface area (Å²) < 4.78 is 51.6. The fourth-order valence-corrected chi connectivity index (χ4v) is 4.18.